The summed E-state index contributed by atoms with van der Waals surface area (Å²) in [5, 5.41) is 2.93. The van der Waals surface area contributed by atoms with Crippen molar-refractivity contribution in [3.8, 4) is 11.3 Å². The van der Waals surface area contributed by atoms with E-state index in [4.69, 9.17) is 0 Å². The number of rotatable bonds is 4. The van der Waals surface area contributed by atoms with Crippen LogP contribution in [0.4, 0.5) is 0 Å². The van der Waals surface area contributed by atoms with E-state index in [1.54, 1.807) is 36.1 Å². The summed E-state index contributed by atoms with van der Waals surface area (Å²) < 4.78 is 6.30. The minimum atomic E-state index is -0.449. The van der Waals surface area contributed by atoms with Gasteiger partial charge in [-0.1, -0.05) is 0 Å². The van der Waals surface area contributed by atoms with Crippen molar-refractivity contribution < 1.29 is 14.3 Å². The summed E-state index contributed by atoms with van der Waals surface area (Å²) in [5.41, 5.74) is 2.24. The van der Waals surface area contributed by atoms with E-state index < -0.39 is 5.97 Å². The molecule has 2 heterocycles. The molecule has 6 nitrogen and oxygen atoms in total. The Morgan fingerprint density at radius 1 is 1.48 bits per heavy atom. The van der Waals surface area contributed by atoms with E-state index in [1.807, 2.05) is 18.5 Å². The predicted molar refractivity (Wildman–Crippen MR) is 80.2 cm³/mol. The number of esters is 1. The Morgan fingerprint density at radius 2 is 2.19 bits per heavy atom. The van der Waals surface area contributed by atoms with Gasteiger partial charge in [-0.05, 0) is 13.0 Å². The maximum Gasteiger partial charge on any atom is 0.325 e. The highest BCUT2D eigenvalue weighted by Gasteiger charge is 2.19. The monoisotopic (exact) mass is 307 g/mol. The fraction of sp³-hybridized carbons (Fsp3) is 0.357. The number of ether oxygens (including phenoxy) is 1. The summed E-state index contributed by atoms with van der Waals surface area (Å²) in [6.07, 6.45) is 1.85. The molecule has 7 heteroatoms. The van der Waals surface area contributed by atoms with Gasteiger partial charge in [0.15, 0.2) is 0 Å². The van der Waals surface area contributed by atoms with Crippen molar-refractivity contribution in [1.82, 2.24) is 14.5 Å². The van der Waals surface area contributed by atoms with E-state index in [0.717, 1.165) is 16.3 Å². The molecule has 2 aromatic heterocycles. The van der Waals surface area contributed by atoms with Crippen molar-refractivity contribution >= 4 is 23.2 Å². The summed E-state index contributed by atoms with van der Waals surface area (Å²) in [7, 11) is 4.66. The number of methoxy groups -OCH3 is 1. The molecule has 0 saturated carbocycles. The second kappa shape index (κ2) is 6.09. The summed E-state index contributed by atoms with van der Waals surface area (Å²) in [6.45, 7) is 1.86. The highest BCUT2D eigenvalue weighted by atomic mass is 32.1. The number of hydrogen-bond donors (Lipinski definition) is 0. The van der Waals surface area contributed by atoms with Crippen LogP contribution in [0, 0.1) is 6.92 Å². The minimum absolute atomic E-state index is 0.0777. The predicted octanol–water partition coefficient (Wildman–Crippen LogP) is 1.70. The summed E-state index contributed by atoms with van der Waals surface area (Å²) in [6, 6.07) is 1.78. The van der Waals surface area contributed by atoms with E-state index in [2.05, 4.69) is 9.72 Å². The lowest BCUT2D eigenvalue weighted by molar-refractivity contribution is -0.141. The van der Waals surface area contributed by atoms with Crippen LogP contribution in [0.1, 0.15) is 15.5 Å². The Labute approximate surface area is 127 Å². The molecule has 2 rings (SSSR count). The van der Waals surface area contributed by atoms with Gasteiger partial charge in [-0.3, -0.25) is 9.59 Å². The Morgan fingerprint density at radius 3 is 2.76 bits per heavy atom. The smallest absolute Gasteiger partial charge is 0.325 e. The van der Waals surface area contributed by atoms with E-state index in [-0.39, 0.29) is 12.5 Å². The average molecular weight is 307 g/mol. The highest BCUT2D eigenvalue weighted by molar-refractivity contribution is 7.09. The maximum atomic E-state index is 12.3. The number of aryl methyl sites for hydroxylation is 2. The number of hydrogen-bond acceptors (Lipinski definition) is 5. The van der Waals surface area contributed by atoms with Gasteiger partial charge in [-0.2, -0.15) is 0 Å². The van der Waals surface area contributed by atoms with Gasteiger partial charge < -0.3 is 14.2 Å². The summed E-state index contributed by atoms with van der Waals surface area (Å²) in [5.74, 6) is -0.684. The van der Waals surface area contributed by atoms with Gasteiger partial charge in [0.2, 0.25) is 0 Å². The Bertz CT molecular complexity index is 675. The first-order chi connectivity index (χ1) is 9.92. The largest absolute Gasteiger partial charge is 0.468 e. The first-order valence-corrected chi connectivity index (χ1v) is 7.21. The van der Waals surface area contributed by atoms with Crippen LogP contribution in [0.25, 0.3) is 11.3 Å². The molecule has 0 bridgehead atoms. The zero-order valence-corrected chi connectivity index (χ0v) is 13.2. The zero-order chi connectivity index (χ0) is 15.6. The lowest BCUT2D eigenvalue weighted by Crippen LogP contribution is -2.33. The van der Waals surface area contributed by atoms with Crippen LogP contribution in [-0.2, 0) is 16.6 Å². The Balaban J connectivity index is 2.22. The molecular weight excluding hydrogens is 290 g/mol. The average Bonchev–Trinajstić information content (AvgIpc) is 3.03. The Hall–Kier alpha value is -2.15. The lowest BCUT2D eigenvalue weighted by Gasteiger charge is -2.15. The molecule has 0 spiro atoms. The van der Waals surface area contributed by atoms with Gasteiger partial charge >= 0.3 is 5.97 Å². The number of likely N-dealkylation sites (N-methyl/N-ethyl adjacent to an activating group) is 1. The highest BCUT2D eigenvalue weighted by Crippen LogP contribution is 2.24. The molecule has 0 saturated heterocycles. The van der Waals surface area contributed by atoms with Gasteiger partial charge in [0, 0.05) is 31.2 Å². The van der Waals surface area contributed by atoms with E-state index in [9.17, 15) is 9.59 Å². The van der Waals surface area contributed by atoms with Gasteiger partial charge in [-0.15, -0.1) is 11.3 Å². The van der Waals surface area contributed by atoms with Crippen LogP contribution in [0.5, 0.6) is 0 Å². The van der Waals surface area contributed by atoms with Crippen molar-refractivity contribution in [1.29, 1.82) is 0 Å². The van der Waals surface area contributed by atoms with E-state index >= 15 is 0 Å². The molecular formula is C14H17N3O3S. The van der Waals surface area contributed by atoms with Crippen molar-refractivity contribution in [3.05, 3.63) is 28.3 Å². The molecule has 0 unspecified atom stereocenters. The van der Waals surface area contributed by atoms with Gasteiger partial charge in [-0.25, -0.2) is 4.98 Å². The number of carbonyl (C=O) groups is 2. The SMILES string of the molecule is COC(=O)CN(C)C(=O)c1cc(-c2csc(C)n2)cn1C. The molecule has 0 aliphatic rings. The van der Waals surface area contributed by atoms with Crippen LogP contribution in [-0.4, -0.2) is 47.0 Å². The van der Waals surface area contributed by atoms with Crippen molar-refractivity contribution in [2.45, 2.75) is 6.92 Å². The second-order valence-electron chi connectivity index (χ2n) is 4.71. The van der Waals surface area contributed by atoms with Crippen LogP contribution < -0.4 is 0 Å². The van der Waals surface area contributed by atoms with Crippen molar-refractivity contribution in [2.24, 2.45) is 7.05 Å². The second-order valence-corrected chi connectivity index (χ2v) is 5.78. The Kier molecular flexibility index (Phi) is 4.42. The molecule has 2 aromatic rings. The van der Waals surface area contributed by atoms with E-state index in [1.165, 1.54) is 12.0 Å². The lowest BCUT2D eigenvalue weighted by atomic mass is 10.2. The van der Waals surface area contributed by atoms with Crippen LogP contribution in [0.2, 0.25) is 0 Å². The molecule has 112 valence electrons. The molecule has 0 radical (unpaired) electrons. The zero-order valence-electron chi connectivity index (χ0n) is 12.4. The third-order valence-electron chi connectivity index (χ3n) is 3.08. The number of nitrogens with zero attached hydrogens (tertiary/aromatic N) is 3. The molecule has 0 aromatic carbocycles. The molecule has 0 aliphatic heterocycles. The quantitative estimate of drug-likeness (QED) is 0.807. The van der Waals surface area contributed by atoms with Gasteiger partial charge in [0.1, 0.15) is 12.2 Å². The molecule has 21 heavy (non-hydrogen) atoms. The molecule has 0 aliphatic carbocycles. The number of aromatic nitrogens is 2. The summed E-state index contributed by atoms with van der Waals surface area (Å²) in [4.78, 5) is 29.3. The third-order valence-corrected chi connectivity index (χ3v) is 3.85. The van der Waals surface area contributed by atoms with Crippen molar-refractivity contribution in [2.75, 3.05) is 20.7 Å². The topological polar surface area (TPSA) is 64.4 Å². The molecule has 0 fully saturated rings. The van der Waals surface area contributed by atoms with Gasteiger partial charge in [0.25, 0.3) is 5.91 Å². The molecule has 1 amide bonds. The van der Waals surface area contributed by atoms with Crippen LogP contribution in [0.3, 0.4) is 0 Å². The van der Waals surface area contributed by atoms with Crippen LogP contribution in [0.15, 0.2) is 17.6 Å². The minimum Gasteiger partial charge on any atom is -0.468 e. The first-order valence-electron chi connectivity index (χ1n) is 6.33. The maximum absolute atomic E-state index is 12.3. The third kappa shape index (κ3) is 3.30. The fourth-order valence-corrected chi connectivity index (χ4v) is 2.56. The standard InChI is InChI=1S/C14H17N3O3S/c1-9-15-11(8-21-9)10-5-12(16(2)6-10)14(19)17(3)7-13(18)20-4/h5-6,8H,7H2,1-4H3. The fourth-order valence-electron chi connectivity index (χ4n) is 1.94. The summed E-state index contributed by atoms with van der Waals surface area (Å²) >= 11 is 1.56. The number of amides is 1. The van der Waals surface area contributed by atoms with Crippen molar-refractivity contribution in [3.63, 3.8) is 0 Å². The molecule has 0 atom stereocenters. The molecule has 0 N–H and O–H groups in total. The van der Waals surface area contributed by atoms with Gasteiger partial charge in [0.05, 0.1) is 17.8 Å². The van der Waals surface area contributed by atoms with E-state index in [0.29, 0.717) is 5.69 Å². The number of thiazole rings is 1. The van der Waals surface area contributed by atoms with Crippen LogP contribution >= 0.6 is 11.3 Å². The first kappa shape index (κ1) is 15.2. The number of carbonyl (C=O) groups excluding carboxylic acids is 2. The normalized spacial score (nSPS) is 10.5.